The van der Waals surface area contributed by atoms with Crippen LogP contribution in [0.3, 0.4) is 0 Å². The Kier molecular flexibility index (Phi) is 15.2. The molecule has 3 aromatic heterocycles. The Labute approximate surface area is 619 Å². The van der Waals surface area contributed by atoms with E-state index >= 15 is 0 Å². The summed E-state index contributed by atoms with van der Waals surface area (Å²) in [5, 5.41) is 7.58. The van der Waals surface area contributed by atoms with Gasteiger partial charge in [-0.3, -0.25) is 0 Å². The highest BCUT2D eigenvalue weighted by Crippen LogP contribution is 2.51. The summed E-state index contributed by atoms with van der Waals surface area (Å²) in [6.07, 6.45) is 0. The fraction of sp³-hybridized carbons (Fsp3) is 0.327. The van der Waals surface area contributed by atoms with E-state index < -0.39 is 0 Å². The number of hydrogen-bond donors (Lipinski definition) is 0. The molecule has 0 atom stereocenters. The van der Waals surface area contributed by atoms with Gasteiger partial charge in [-0.25, -0.2) is 0 Å². The smallest absolute Gasteiger partial charge is 0.252 e. The molecule has 0 radical (unpaired) electrons. The molecule has 526 valence electrons. The Morgan fingerprint density at radius 1 is 0.202 bits per heavy atom. The van der Waals surface area contributed by atoms with Crippen LogP contribution in [0.5, 0.6) is 0 Å². The van der Waals surface area contributed by atoms with Gasteiger partial charge in [0, 0.05) is 77.8 Å². The molecule has 5 heterocycles. The van der Waals surface area contributed by atoms with Crippen molar-refractivity contribution < 1.29 is 0 Å². The molecule has 0 N–H and O–H groups in total. The van der Waals surface area contributed by atoms with Crippen LogP contribution < -0.4 is 26.2 Å². The van der Waals surface area contributed by atoms with Gasteiger partial charge in [-0.2, -0.15) is 0 Å². The number of aromatic nitrogens is 3. The minimum absolute atomic E-state index is 0.0406. The molecule has 0 unspecified atom stereocenters. The summed E-state index contributed by atoms with van der Waals surface area (Å²) in [5.74, 6) is 0. The van der Waals surface area contributed by atoms with Crippen molar-refractivity contribution in [2.75, 3.05) is 9.80 Å². The molecule has 0 aliphatic carbocycles. The van der Waals surface area contributed by atoms with Crippen LogP contribution in [0.25, 0.3) is 82.5 Å². The van der Waals surface area contributed by atoms with E-state index in [-0.39, 0.29) is 50.0 Å². The third kappa shape index (κ3) is 11.2. The highest BCUT2D eigenvalue weighted by molar-refractivity contribution is 7.00. The first-order valence-electron chi connectivity index (χ1n) is 38.2. The molecule has 2 aliphatic rings. The molecule has 0 saturated carbocycles. The van der Waals surface area contributed by atoms with E-state index in [2.05, 4.69) is 396 Å². The first kappa shape index (κ1) is 68.9. The Morgan fingerprint density at radius 3 is 0.750 bits per heavy atom. The minimum atomic E-state index is -0.197. The highest BCUT2D eigenvalue weighted by atomic mass is 15.2. The monoisotopic (exact) mass is 1360 g/mol. The third-order valence-electron chi connectivity index (χ3n) is 23.2. The Bertz CT molecular complexity index is 5330. The van der Waals surface area contributed by atoms with Crippen molar-refractivity contribution in [3.05, 3.63) is 251 Å². The fourth-order valence-electron chi connectivity index (χ4n) is 16.8. The van der Waals surface area contributed by atoms with E-state index in [1.54, 1.807) is 0 Å². The molecular formula is C98H106BN5. The normalized spacial score (nSPS) is 14.1. The lowest BCUT2D eigenvalue weighted by Crippen LogP contribution is -2.61. The molecule has 0 saturated heterocycles. The van der Waals surface area contributed by atoms with E-state index in [0.29, 0.717) is 0 Å². The van der Waals surface area contributed by atoms with Crippen LogP contribution in [0.15, 0.2) is 206 Å². The van der Waals surface area contributed by atoms with E-state index in [4.69, 9.17) is 0 Å². The number of benzene rings is 11. The van der Waals surface area contributed by atoms with Gasteiger partial charge in [0.2, 0.25) is 0 Å². The van der Waals surface area contributed by atoms with Gasteiger partial charge < -0.3 is 23.5 Å². The maximum Gasteiger partial charge on any atom is 0.252 e. The lowest BCUT2D eigenvalue weighted by molar-refractivity contribution is 0.568. The summed E-state index contributed by atoms with van der Waals surface area (Å²) in [6.45, 7) is 56.5. The van der Waals surface area contributed by atoms with E-state index in [1.165, 1.54) is 149 Å². The van der Waals surface area contributed by atoms with Crippen molar-refractivity contribution in [1.29, 1.82) is 0 Å². The summed E-state index contributed by atoms with van der Waals surface area (Å²) < 4.78 is 7.71. The first-order chi connectivity index (χ1) is 48.6. The van der Waals surface area contributed by atoms with Crippen LogP contribution >= 0.6 is 0 Å². The van der Waals surface area contributed by atoms with Gasteiger partial charge in [0.1, 0.15) is 0 Å². The predicted molar refractivity (Wildman–Crippen MR) is 453 cm³/mol. The number of anilines is 6. The second kappa shape index (κ2) is 23.0. The van der Waals surface area contributed by atoms with Gasteiger partial charge in [-0.05, 0) is 226 Å². The van der Waals surface area contributed by atoms with Crippen LogP contribution in [-0.2, 0) is 43.3 Å². The lowest BCUT2D eigenvalue weighted by Gasteiger charge is -2.45. The molecule has 6 heteroatoms. The second-order valence-corrected chi connectivity index (χ2v) is 39.0. The second-order valence-electron chi connectivity index (χ2n) is 39.0. The van der Waals surface area contributed by atoms with Gasteiger partial charge in [0.25, 0.3) is 6.71 Å². The molecule has 5 nitrogen and oxygen atoms in total. The van der Waals surface area contributed by atoms with Crippen molar-refractivity contribution in [3.63, 3.8) is 0 Å². The maximum atomic E-state index is 2.71. The zero-order chi connectivity index (χ0) is 74.0. The summed E-state index contributed by atoms with van der Waals surface area (Å²) >= 11 is 0. The van der Waals surface area contributed by atoms with Gasteiger partial charge in [-0.1, -0.05) is 251 Å². The first-order valence-corrected chi connectivity index (χ1v) is 38.2. The van der Waals surface area contributed by atoms with Crippen LogP contribution in [0.1, 0.15) is 211 Å². The number of nitrogens with zero attached hydrogens (tertiary/aromatic N) is 5. The Hall–Kier alpha value is -9.52. The van der Waals surface area contributed by atoms with Gasteiger partial charge >= 0.3 is 0 Å². The summed E-state index contributed by atoms with van der Waals surface area (Å²) in [6, 6.07) is 82.5. The quantitative estimate of drug-likeness (QED) is 0.160. The maximum absolute atomic E-state index is 2.71. The van der Waals surface area contributed by atoms with Crippen molar-refractivity contribution in [3.8, 4) is 17.1 Å². The fourth-order valence-corrected chi connectivity index (χ4v) is 16.8. The molecule has 0 spiro atoms. The molecule has 0 bridgehead atoms. The van der Waals surface area contributed by atoms with Crippen LogP contribution in [0, 0.1) is 0 Å². The number of para-hydroxylation sites is 2. The van der Waals surface area contributed by atoms with E-state index in [1.807, 2.05) is 0 Å². The SMILES string of the molecule is CC(C)(C)c1cc(N2c3cc(-n4c5ccc(C(C)(C)C)cc5c5cc(C(C)(C)C)ccc54)ccc3B3c4ccc(-n5c6ccc(C(C)(C)C)cc6c6cc(C(C)(C)C)ccc65)cc4N(c4cc(C(C)(C)C)cc(C(C)(C)C)c4)c4cc(-n5c6ccccc6c6ccccc65)cc2c43)cc(C(C)(C)C)c1. The van der Waals surface area contributed by atoms with Crippen molar-refractivity contribution in [2.45, 2.75) is 209 Å². The average Bonchev–Trinajstić information content (AvgIpc) is 0.770. The summed E-state index contributed by atoms with van der Waals surface area (Å²) in [7, 11) is 0. The number of fused-ring (bicyclic) bond motifs is 13. The largest absolute Gasteiger partial charge is 0.311 e. The van der Waals surface area contributed by atoms with Crippen LogP contribution in [0.2, 0.25) is 0 Å². The topological polar surface area (TPSA) is 21.3 Å². The predicted octanol–water partition coefficient (Wildman–Crippen LogP) is 25.4. The standard InChI is InChI=1S/C98H106BN5/c1-91(2,3)59-33-41-82-74(51-59)75-52-60(92(4,5)6)34-42-83(75)100(82)67-37-39-78-86(55-67)103(69-47-63(95(13,14)15)45-64(48-69)96(16,17)18)88-57-71(102-80-31-27-25-29-72(80)73-30-26-28-32-81(73)102)58-89-90(88)99(78)79-40-38-68(56-87(79)104(89)70-49-65(97(19,20)21)46-66(50-70)98(22,23)24)101-84-43-35-61(93(7,8)9)53-76(84)77-54-62(94(10,11)12)36-44-85(77)101/h25-58H,1-24H3. The molecule has 104 heavy (non-hydrogen) atoms. The molecule has 14 aromatic rings. The summed E-state index contributed by atoms with van der Waals surface area (Å²) in [5.41, 5.74) is 31.1. The van der Waals surface area contributed by atoms with E-state index in [9.17, 15) is 0 Å². The molecule has 16 rings (SSSR count). The Morgan fingerprint density at radius 2 is 0.462 bits per heavy atom. The molecule has 0 amide bonds. The molecule has 11 aromatic carbocycles. The zero-order valence-electron chi connectivity index (χ0n) is 66.4. The molecule has 2 aliphatic heterocycles. The molecule has 0 fully saturated rings. The average molecular weight is 1360 g/mol. The highest BCUT2D eigenvalue weighted by Gasteiger charge is 2.46. The third-order valence-corrected chi connectivity index (χ3v) is 23.2. The van der Waals surface area contributed by atoms with Crippen molar-refractivity contribution in [1.82, 2.24) is 13.7 Å². The Balaban J connectivity index is 1.08. The van der Waals surface area contributed by atoms with Gasteiger partial charge in [0.15, 0.2) is 0 Å². The molecular weight excluding hydrogens is 1260 g/mol. The number of hydrogen-bond acceptors (Lipinski definition) is 2. The van der Waals surface area contributed by atoms with Crippen LogP contribution in [-0.4, -0.2) is 20.4 Å². The minimum Gasteiger partial charge on any atom is -0.311 e. The van der Waals surface area contributed by atoms with E-state index in [0.717, 1.165) is 28.4 Å². The lowest BCUT2D eigenvalue weighted by atomic mass is 9.33. The zero-order valence-corrected chi connectivity index (χ0v) is 66.4. The van der Waals surface area contributed by atoms with Crippen LogP contribution in [0.4, 0.5) is 34.1 Å². The van der Waals surface area contributed by atoms with Crippen molar-refractivity contribution in [2.24, 2.45) is 0 Å². The van der Waals surface area contributed by atoms with Gasteiger partial charge in [0.05, 0.1) is 38.8 Å². The van der Waals surface area contributed by atoms with Gasteiger partial charge in [-0.15, -0.1) is 0 Å². The summed E-state index contributed by atoms with van der Waals surface area (Å²) in [4.78, 5) is 5.41. The number of rotatable bonds is 5. The van der Waals surface area contributed by atoms with Crippen molar-refractivity contribution >= 4 is 123 Å².